The fourth-order valence-electron chi connectivity index (χ4n) is 9.13. The molecular formula is C39H53F3N4O5. The molecule has 1 N–H and O–H groups in total. The Morgan fingerprint density at radius 3 is 2.18 bits per heavy atom. The summed E-state index contributed by atoms with van der Waals surface area (Å²) in [6, 6.07) is 12.5. The lowest BCUT2D eigenvalue weighted by Gasteiger charge is -2.36. The molecule has 2 aromatic carbocycles. The predicted octanol–water partition coefficient (Wildman–Crippen LogP) is 5.54. The maximum atomic E-state index is 14.7. The summed E-state index contributed by atoms with van der Waals surface area (Å²) in [5.41, 5.74) is 1.75. The van der Waals surface area contributed by atoms with Crippen LogP contribution in [0.1, 0.15) is 67.1 Å². The lowest BCUT2D eigenvalue weighted by Crippen LogP contribution is -2.40. The SMILES string of the molecule is CNC(=O)C1CCN(c2cc(C(F)(F)F)ccc2[C@H]2CN(C(=O)[C@@H]3CN(C4CCC(OC)CC4)C[C@H]3c3ccc(OC)cc3)C[C@@H]2COC)CC1. The molecule has 3 aliphatic heterocycles. The van der Waals surface area contributed by atoms with Crippen molar-refractivity contribution in [3.8, 4) is 5.75 Å². The van der Waals surface area contributed by atoms with Crippen molar-refractivity contribution in [2.75, 3.05) is 79.2 Å². The monoisotopic (exact) mass is 714 g/mol. The Morgan fingerprint density at radius 2 is 1.57 bits per heavy atom. The van der Waals surface area contributed by atoms with Crippen LogP contribution in [-0.4, -0.2) is 108 Å². The summed E-state index contributed by atoms with van der Waals surface area (Å²) in [7, 11) is 6.66. The number of piperidine rings is 1. The highest BCUT2D eigenvalue weighted by molar-refractivity contribution is 5.81. The fraction of sp³-hybridized carbons (Fsp3) is 0.641. The van der Waals surface area contributed by atoms with Crippen LogP contribution in [0, 0.1) is 17.8 Å². The molecule has 0 unspecified atom stereocenters. The van der Waals surface area contributed by atoms with Crippen LogP contribution in [0.15, 0.2) is 42.5 Å². The fourth-order valence-corrected chi connectivity index (χ4v) is 9.13. The molecule has 0 spiro atoms. The molecule has 1 saturated carbocycles. The maximum Gasteiger partial charge on any atom is 0.416 e. The number of hydrogen-bond donors (Lipinski definition) is 1. The van der Waals surface area contributed by atoms with Crippen molar-refractivity contribution in [3.63, 3.8) is 0 Å². The number of likely N-dealkylation sites (tertiary alicyclic amines) is 2. The molecule has 4 atom stereocenters. The van der Waals surface area contributed by atoms with Crippen LogP contribution in [0.4, 0.5) is 18.9 Å². The quantitative estimate of drug-likeness (QED) is 0.347. The van der Waals surface area contributed by atoms with Gasteiger partial charge in [0, 0.05) is 95.9 Å². The van der Waals surface area contributed by atoms with Crippen molar-refractivity contribution in [3.05, 3.63) is 59.2 Å². The zero-order valence-electron chi connectivity index (χ0n) is 30.3. The third kappa shape index (κ3) is 8.18. The summed E-state index contributed by atoms with van der Waals surface area (Å²) in [5.74, 6) is 0.119. The van der Waals surface area contributed by atoms with E-state index in [4.69, 9.17) is 14.2 Å². The molecule has 3 heterocycles. The van der Waals surface area contributed by atoms with E-state index in [1.54, 1.807) is 34.4 Å². The van der Waals surface area contributed by atoms with Crippen LogP contribution in [0.25, 0.3) is 0 Å². The van der Waals surface area contributed by atoms with E-state index in [1.165, 1.54) is 6.07 Å². The number of hydrogen-bond acceptors (Lipinski definition) is 7. The van der Waals surface area contributed by atoms with Crippen molar-refractivity contribution < 1.29 is 37.0 Å². The van der Waals surface area contributed by atoms with Gasteiger partial charge in [0.05, 0.1) is 31.3 Å². The van der Waals surface area contributed by atoms with Crippen molar-refractivity contribution in [1.82, 2.24) is 15.1 Å². The first-order valence-electron chi connectivity index (χ1n) is 18.4. The van der Waals surface area contributed by atoms with Gasteiger partial charge in [0.25, 0.3) is 0 Å². The molecule has 2 aromatic rings. The highest BCUT2D eigenvalue weighted by Crippen LogP contribution is 2.44. The van der Waals surface area contributed by atoms with E-state index in [0.29, 0.717) is 63.9 Å². The number of benzene rings is 2. The molecular weight excluding hydrogens is 661 g/mol. The van der Waals surface area contributed by atoms with Gasteiger partial charge in [-0.3, -0.25) is 14.5 Å². The molecule has 2 amide bonds. The van der Waals surface area contributed by atoms with E-state index in [2.05, 4.69) is 22.3 Å². The van der Waals surface area contributed by atoms with Gasteiger partial charge < -0.3 is 29.3 Å². The van der Waals surface area contributed by atoms with Crippen LogP contribution in [0.3, 0.4) is 0 Å². The van der Waals surface area contributed by atoms with Gasteiger partial charge in [-0.15, -0.1) is 0 Å². The van der Waals surface area contributed by atoms with E-state index >= 15 is 0 Å². The molecule has 0 bridgehead atoms. The summed E-state index contributed by atoms with van der Waals surface area (Å²) in [5, 5.41) is 2.71. The zero-order chi connectivity index (χ0) is 36.3. The number of nitrogens with one attached hydrogen (secondary N) is 1. The molecule has 0 aromatic heterocycles. The van der Waals surface area contributed by atoms with Crippen LogP contribution >= 0.6 is 0 Å². The Bertz CT molecular complexity index is 1490. The van der Waals surface area contributed by atoms with Gasteiger partial charge in [-0.25, -0.2) is 0 Å². The van der Waals surface area contributed by atoms with Crippen molar-refractivity contribution in [2.24, 2.45) is 17.8 Å². The van der Waals surface area contributed by atoms with E-state index in [0.717, 1.165) is 55.2 Å². The number of methoxy groups -OCH3 is 3. The second-order valence-corrected chi connectivity index (χ2v) is 14.8. The van der Waals surface area contributed by atoms with E-state index < -0.39 is 11.7 Å². The van der Waals surface area contributed by atoms with Gasteiger partial charge in [0.1, 0.15) is 5.75 Å². The van der Waals surface area contributed by atoms with Crippen molar-refractivity contribution in [1.29, 1.82) is 0 Å². The average Bonchev–Trinajstić information content (AvgIpc) is 3.79. The van der Waals surface area contributed by atoms with Crippen molar-refractivity contribution in [2.45, 2.75) is 68.7 Å². The number of anilines is 1. The van der Waals surface area contributed by atoms with E-state index in [9.17, 15) is 22.8 Å². The van der Waals surface area contributed by atoms with Gasteiger partial charge in [-0.05, 0) is 73.9 Å². The molecule has 51 heavy (non-hydrogen) atoms. The van der Waals surface area contributed by atoms with Gasteiger partial charge >= 0.3 is 6.18 Å². The second kappa shape index (κ2) is 16.1. The molecule has 4 aliphatic rings. The molecule has 1 aliphatic carbocycles. The number of amides is 2. The number of halogens is 3. The molecule has 9 nitrogen and oxygen atoms in total. The number of nitrogens with zero attached hydrogens (tertiary/aromatic N) is 3. The van der Waals surface area contributed by atoms with Crippen LogP contribution < -0.4 is 15.0 Å². The zero-order valence-corrected chi connectivity index (χ0v) is 30.3. The van der Waals surface area contributed by atoms with Crippen LogP contribution in [0.2, 0.25) is 0 Å². The Labute approximate surface area is 299 Å². The maximum absolute atomic E-state index is 14.7. The Morgan fingerprint density at radius 1 is 0.863 bits per heavy atom. The third-order valence-electron chi connectivity index (χ3n) is 12.0. The number of carbonyl (C=O) groups excluding carboxylic acids is 2. The smallest absolute Gasteiger partial charge is 0.416 e. The molecule has 4 fully saturated rings. The Balaban J connectivity index is 1.27. The number of rotatable bonds is 10. The topological polar surface area (TPSA) is 83.6 Å². The standard InChI is InChI=1S/C39H53F3N4O5/c1-43-37(47)26-15-17-44(18-16-26)36-19-28(39(40,41)42)7-14-32(36)34-22-46(20-27(34)24-49-2)38(48)35-23-45(29-8-12-31(51-4)13-9-29)21-33(35)25-5-10-30(50-3)11-6-25/h5-7,10-11,14,19,26-27,29,31,33-35H,8-9,12-13,15-18,20-24H2,1-4H3,(H,43,47)/t27-,29?,31?,33+,34+,35-/m1/s1. The van der Waals surface area contributed by atoms with Gasteiger partial charge in [0.15, 0.2) is 0 Å². The molecule has 3 saturated heterocycles. The molecule has 6 rings (SSSR count). The minimum atomic E-state index is -4.50. The average molecular weight is 715 g/mol. The lowest BCUT2D eigenvalue weighted by atomic mass is 9.86. The summed E-state index contributed by atoms with van der Waals surface area (Å²) in [6.07, 6.45) is 1.000. The van der Waals surface area contributed by atoms with Gasteiger partial charge in [-0.1, -0.05) is 18.2 Å². The minimum absolute atomic E-state index is 0.00623. The first kappa shape index (κ1) is 37.4. The lowest BCUT2D eigenvalue weighted by molar-refractivity contribution is -0.137. The first-order chi connectivity index (χ1) is 24.5. The highest BCUT2D eigenvalue weighted by Gasteiger charge is 2.47. The third-order valence-corrected chi connectivity index (χ3v) is 12.0. The van der Waals surface area contributed by atoms with Crippen LogP contribution in [-0.2, 0) is 25.2 Å². The van der Waals surface area contributed by atoms with Gasteiger partial charge in [-0.2, -0.15) is 13.2 Å². The van der Waals surface area contributed by atoms with Crippen LogP contribution in [0.5, 0.6) is 5.75 Å². The Kier molecular flexibility index (Phi) is 11.8. The van der Waals surface area contributed by atoms with Crippen molar-refractivity contribution >= 4 is 17.5 Å². The highest BCUT2D eigenvalue weighted by atomic mass is 19.4. The number of alkyl halides is 3. The summed E-state index contributed by atoms with van der Waals surface area (Å²) in [4.78, 5) is 33.5. The molecule has 280 valence electrons. The second-order valence-electron chi connectivity index (χ2n) is 14.8. The summed E-state index contributed by atoms with van der Waals surface area (Å²) in [6.45, 7) is 3.68. The normalized spacial score (nSPS) is 27.9. The number of carbonyl (C=O) groups is 2. The Hall–Kier alpha value is -3.35. The number of ether oxygens (including phenoxy) is 3. The van der Waals surface area contributed by atoms with E-state index in [-0.39, 0.29) is 47.5 Å². The largest absolute Gasteiger partial charge is 0.497 e. The van der Waals surface area contributed by atoms with E-state index in [1.807, 2.05) is 21.9 Å². The minimum Gasteiger partial charge on any atom is -0.497 e. The van der Waals surface area contributed by atoms with Gasteiger partial charge in [0.2, 0.25) is 11.8 Å². The summed E-state index contributed by atoms with van der Waals surface area (Å²) < 4.78 is 58.9. The summed E-state index contributed by atoms with van der Waals surface area (Å²) >= 11 is 0. The molecule has 12 heteroatoms. The first-order valence-corrected chi connectivity index (χ1v) is 18.4. The predicted molar refractivity (Wildman–Crippen MR) is 189 cm³/mol. The molecule has 0 radical (unpaired) electrons.